The molecule has 1 aromatic heterocycles. The lowest BCUT2D eigenvalue weighted by molar-refractivity contribution is 0.0145. The van der Waals surface area contributed by atoms with Gasteiger partial charge in [-0.05, 0) is 49.3 Å². The molecule has 0 radical (unpaired) electrons. The zero-order valence-corrected chi connectivity index (χ0v) is 20.3. The van der Waals surface area contributed by atoms with Gasteiger partial charge in [0.05, 0.1) is 29.1 Å². The lowest BCUT2D eigenvalue weighted by atomic mass is 9.76. The van der Waals surface area contributed by atoms with E-state index in [2.05, 4.69) is 5.32 Å². The average molecular weight is 474 g/mol. The first-order valence-electron chi connectivity index (χ1n) is 11.6. The molecule has 3 heterocycles. The number of hydrogen-bond donors (Lipinski definition) is 1. The highest BCUT2D eigenvalue weighted by Crippen LogP contribution is 2.38. The normalized spacial score (nSPS) is 17.9. The fraction of sp³-hybridized carbons (Fsp3) is 0.560. The molecule has 1 aromatic carbocycles. The molecule has 2 aromatic rings. The summed E-state index contributed by atoms with van der Waals surface area (Å²) in [6.45, 7) is 8.95. The minimum absolute atomic E-state index is 0.00879. The highest BCUT2D eigenvalue weighted by molar-refractivity contribution is 6.30. The molecule has 1 fully saturated rings. The van der Waals surface area contributed by atoms with Crippen LogP contribution in [0.2, 0.25) is 5.02 Å². The van der Waals surface area contributed by atoms with Crippen molar-refractivity contribution in [1.29, 1.82) is 0 Å². The van der Waals surface area contributed by atoms with Gasteiger partial charge in [0.15, 0.2) is 0 Å². The number of esters is 1. The van der Waals surface area contributed by atoms with Crippen molar-refractivity contribution in [3.05, 3.63) is 51.8 Å². The fourth-order valence-electron chi connectivity index (χ4n) is 4.71. The third-order valence-corrected chi connectivity index (χ3v) is 6.88. The fourth-order valence-corrected chi connectivity index (χ4v) is 4.90. The molecule has 1 amide bonds. The second-order valence-corrected chi connectivity index (χ2v) is 10.4. The summed E-state index contributed by atoms with van der Waals surface area (Å²) in [5, 5.41) is 8.47. The lowest BCUT2D eigenvalue weighted by Gasteiger charge is -2.36. The zero-order chi connectivity index (χ0) is 23.6. The topological polar surface area (TPSA) is 82.5 Å². The van der Waals surface area contributed by atoms with Gasteiger partial charge in [0, 0.05) is 36.7 Å². The van der Waals surface area contributed by atoms with Crippen molar-refractivity contribution in [2.45, 2.75) is 53.0 Å². The predicted octanol–water partition coefficient (Wildman–Crippen LogP) is 4.06. The van der Waals surface area contributed by atoms with Crippen LogP contribution in [-0.2, 0) is 28.9 Å². The van der Waals surface area contributed by atoms with Crippen molar-refractivity contribution >= 4 is 23.5 Å². The van der Waals surface area contributed by atoms with E-state index in [1.807, 2.05) is 25.5 Å². The monoisotopic (exact) mass is 473 g/mol. The standard InChI is InChI=1S/C25H32ClN3O4/c1-4-19-21-20(13-25(14-27-22(21)30)8-10-32-11-9-25)29(28-19)15-24(2,3)16-33-23(31)17-6-5-7-18(26)12-17/h5-7,12H,4,8-11,13-16H2,1-3H3,(H,27,30). The quantitative estimate of drug-likeness (QED) is 0.639. The third-order valence-electron chi connectivity index (χ3n) is 6.64. The molecule has 1 N–H and O–H groups in total. The SMILES string of the molecule is CCc1nn(CC(C)(C)COC(=O)c2cccc(Cl)c2)c2c1C(=O)NCC1(CCOCC1)C2. The Morgan fingerprint density at radius 2 is 2.09 bits per heavy atom. The molecule has 33 heavy (non-hydrogen) atoms. The minimum atomic E-state index is -0.403. The number of carbonyl (C=O) groups is 2. The minimum Gasteiger partial charge on any atom is -0.461 e. The zero-order valence-electron chi connectivity index (χ0n) is 19.6. The van der Waals surface area contributed by atoms with E-state index >= 15 is 0 Å². The number of amides is 1. The van der Waals surface area contributed by atoms with Gasteiger partial charge in [-0.1, -0.05) is 38.4 Å². The van der Waals surface area contributed by atoms with Crippen LogP contribution in [0.1, 0.15) is 65.7 Å². The summed E-state index contributed by atoms with van der Waals surface area (Å²) >= 11 is 6.00. The Balaban J connectivity index is 1.55. The van der Waals surface area contributed by atoms with Crippen LogP contribution >= 0.6 is 11.6 Å². The summed E-state index contributed by atoms with van der Waals surface area (Å²) in [4.78, 5) is 25.5. The van der Waals surface area contributed by atoms with E-state index in [9.17, 15) is 9.59 Å². The van der Waals surface area contributed by atoms with E-state index in [-0.39, 0.29) is 23.3 Å². The van der Waals surface area contributed by atoms with Crippen LogP contribution in [0.5, 0.6) is 0 Å². The molecule has 0 aliphatic carbocycles. The van der Waals surface area contributed by atoms with Gasteiger partial charge in [-0.15, -0.1) is 0 Å². The van der Waals surface area contributed by atoms with Gasteiger partial charge >= 0.3 is 5.97 Å². The van der Waals surface area contributed by atoms with Gasteiger partial charge in [0.2, 0.25) is 0 Å². The van der Waals surface area contributed by atoms with Gasteiger partial charge in [0.25, 0.3) is 5.91 Å². The number of fused-ring (bicyclic) bond motifs is 1. The summed E-state index contributed by atoms with van der Waals surface area (Å²) in [7, 11) is 0. The smallest absolute Gasteiger partial charge is 0.338 e. The summed E-state index contributed by atoms with van der Waals surface area (Å²) < 4.78 is 13.2. The van der Waals surface area contributed by atoms with Crippen molar-refractivity contribution in [2.75, 3.05) is 26.4 Å². The van der Waals surface area contributed by atoms with Crippen LogP contribution < -0.4 is 5.32 Å². The Kier molecular flexibility index (Phi) is 6.82. The number of aryl methyl sites for hydroxylation is 1. The first kappa shape index (κ1) is 23.8. The predicted molar refractivity (Wildman–Crippen MR) is 126 cm³/mol. The van der Waals surface area contributed by atoms with Crippen molar-refractivity contribution in [2.24, 2.45) is 10.8 Å². The van der Waals surface area contributed by atoms with E-state index in [1.165, 1.54) is 0 Å². The van der Waals surface area contributed by atoms with E-state index in [0.29, 0.717) is 48.9 Å². The van der Waals surface area contributed by atoms with E-state index in [0.717, 1.165) is 30.7 Å². The molecule has 1 saturated heterocycles. The number of aromatic nitrogens is 2. The van der Waals surface area contributed by atoms with Gasteiger partial charge < -0.3 is 14.8 Å². The van der Waals surface area contributed by atoms with Gasteiger partial charge in [-0.3, -0.25) is 9.48 Å². The Bertz CT molecular complexity index is 1040. The Labute approximate surface area is 199 Å². The lowest BCUT2D eigenvalue weighted by Crippen LogP contribution is -2.41. The van der Waals surface area contributed by atoms with Crippen molar-refractivity contribution < 1.29 is 19.1 Å². The van der Waals surface area contributed by atoms with E-state index in [1.54, 1.807) is 24.3 Å². The van der Waals surface area contributed by atoms with E-state index in [4.69, 9.17) is 26.2 Å². The maximum absolute atomic E-state index is 13.0. The van der Waals surface area contributed by atoms with Crippen LogP contribution in [-0.4, -0.2) is 48.0 Å². The number of nitrogens with one attached hydrogen (secondary N) is 1. The molecule has 0 unspecified atom stereocenters. The molecule has 0 bridgehead atoms. The van der Waals surface area contributed by atoms with Crippen molar-refractivity contribution in [1.82, 2.24) is 15.1 Å². The summed E-state index contributed by atoms with van der Waals surface area (Å²) in [6, 6.07) is 6.74. The van der Waals surface area contributed by atoms with Crippen molar-refractivity contribution in [3.63, 3.8) is 0 Å². The van der Waals surface area contributed by atoms with Crippen LogP contribution in [0.4, 0.5) is 0 Å². The first-order chi connectivity index (χ1) is 15.7. The number of benzene rings is 1. The molecule has 178 valence electrons. The third kappa shape index (κ3) is 5.25. The largest absolute Gasteiger partial charge is 0.461 e. The molecule has 0 atom stereocenters. The number of carbonyl (C=O) groups excluding carboxylic acids is 2. The molecule has 2 aliphatic rings. The van der Waals surface area contributed by atoms with Gasteiger partial charge in [-0.25, -0.2) is 4.79 Å². The molecule has 8 heteroatoms. The first-order valence-corrected chi connectivity index (χ1v) is 12.0. The van der Waals surface area contributed by atoms with Crippen LogP contribution in [0.25, 0.3) is 0 Å². The highest BCUT2D eigenvalue weighted by Gasteiger charge is 2.40. The molecular formula is C25H32ClN3O4. The average Bonchev–Trinajstić information content (AvgIpc) is 3.05. The Morgan fingerprint density at radius 3 is 2.79 bits per heavy atom. The number of rotatable bonds is 6. The summed E-state index contributed by atoms with van der Waals surface area (Å²) in [5.74, 6) is -0.443. The molecule has 7 nitrogen and oxygen atoms in total. The van der Waals surface area contributed by atoms with Crippen molar-refractivity contribution in [3.8, 4) is 0 Å². The van der Waals surface area contributed by atoms with Gasteiger partial charge in [-0.2, -0.15) is 5.10 Å². The van der Waals surface area contributed by atoms with Crippen LogP contribution in [0.15, 0.2) is 24.3 Å². The van der Waals surface area contributed by atoms with Gasteiger partial charge in [0.1, 0.15) is 0 Å². The van der Waals surface area contributed by atoms with E-state index < -0.39 is 5.97 Å². The summed E-state index contributed by atoms with van der Waals surface area (Å²) in [6.07, 6.45) is 3.30. The molecule has 2 aliphatic heterocycles. The molecule has 0 saturated carbocycles. The van der Waals surface area contributed by atoms with Crippen LogP contribution in [0.3, 0.4) is 0 Å². The van der Waals surface area contributed by atoms with Crippen LogP contribution in [0, 0.1) is 10.8 Å². The second kappa shape index (κ2) is 9.47. The highest BCUT2D eigenvalue weighted by atomic mass is 35.5. The number of ether oxygens (including phenoxy) is 2. The number of halogens is 1. The Hall–Kier alpha value is -2.38. The second-order valence-electron chi connectivity index (χ2n) is 10.0. The summed E-state index contributed by atoms with van der Waals surface area (Å²) in [5.41, 5.74) is 2.55. The molecule has 4 rings (SSSR count). The number of nitrogens with zero attached hydrogens (tertiary/aromatic N) is 2. The number of hydrogen-bond acceptors (Lipinski definition) is 5. The molecular weight excluding hydrogens is 442 g/mol. The maximum Gasteiger partial charge on any atom is 0.338 e. The molecule has 1 spiro atoms. The Morgan fingerprint density at radius 1 is 1.33 bits per heavy atom. The maximum atomic E-state index is 13.0.